The van der Waals surface area contributed by atoms with Crippen LogP contribution in [0.4, 0.5) is 61.4 Å². The lowest BCUT2D eigenvalue weighted by molar-refractivity contribution is -0.140. The third-order valence-corrected chi connectivity index (χ3v) is 16.5. The molecule has 8 heterocycles. The number of benzene rings is 4. The third-order valence-electron chi connectivity index (χ3n) is 15.9. The summed E-state index contributed by atoms with van der Waals surface area (Å²) in [5.74, 6) is -0.887. The van der Waals surface area contributed by atoms with Crippen molar-refractivity contribution in [3.8, 4) is 34.3 Å². The van der Waals surface area contributed by atoms with Gasteiger partial charge in [-0.15, -0.1) is 15.3 Å². The summed E-state index contributed by atoms with van der Waals surface area (Å²) in [7, 11) is 4.08. The first-order valence-corrected chi connectivity index (χ1v) is 30.6. The summed E-state index contributed by atoms with van der Waals surface area (Å²) in [6.45, 7) is 2.00. The van der Waals surface area contributed by atoms with E-state index < -0.39 is 93.1 Å². The van der Waals surface area contributed by atoms with E-state index in [1.807, 2.05) is 0 Å². The highest BCUT2D eigenvalue weighted by Gasteiger charge is 2.38. The second-order valence-corrected chi connectivity index (χ2v) is 23.0. The van der Waals surface area contributed by atoms with E-state index in [-0.39, 0.29) is 34.7 Å². The normalized spacial score (nSPS) is 15.1. The first-order chi connectivity index (χ1) is 45.7. The fraction of sp³-hybridized carbons (Fsp3) is 0.333. The molecule has 0 N–H and O–H groups in total. The zero-order valence-corrected chi connectivity index (χ0v) is 52.0. The van der Waals surface area contributed by atoms with Crippen LogP contribution in [-0.4, -0.2) is 106 Å². The van der Waals surface area contributed by atoms with Crippen LogP contribution in [0.5, 0.6) is 17.2 Å². The van der Waals surface area contributed by atoms with Gasteiger partial charge in [-0.05, 0) is 84.2 Å². The molecule has 0 atom stereocenters. The van der Waals surface area contributed by atoms with Crippen LogP contribution in [0.15, 0.2) is 167 Å². The maximum Gasteiger partial charge on any atom is 0.419 e. The van der Waals surface area contributed by atoms with Crippen molar-refractivity contribution in [2.24, 2.45) is 21.1 Å². The van der Waals surface area contributed by atoms with Gasteiger partial charge in [0.1, 0.15) is 41.4 Å². The molecule has 0 bridgehead atoms. The van der Waals surface area contributed by atoms with Gasteiger partial charge in [-0.2, -0.15) is 64.9 Å². The van der Waals surface area contributed by atoms with Crippen molar-refractivity contribution < 1.29 is 58.1 Å². The number of hydrogen-bond acceptors (Lipinski definition) is 17. The lowest BCUT2D eigenvalue weighted by atomic mass is 10.1. The number of halogens is 10. The van der Waals surface area contributed by atoms with Crippen molar-refractivity contribution in [3.05, 3.63) is 223 Å². The van der Waals surface area contributed by atoms with Crippen molar-refractivity contribution in [2.75, 3.05) is 54.0 Å². The molecular weight excluding hydrogens is 1300 g/mol. The van der Waals surface area contributed by atoms with Gasteiger partial charge in [0.25, 0.3) is 16.7 Å². The highest BCUT2D eigenvalue weighted by molar-refractivity contribution is 7.08. The molecule has 3 aliphatic heterocycles. The van der Waals surface area contributed by atoms with Crippen LogP contribution in [0, 0.1) is 5.82 Å². The van der Waals surface area contributed by atoms with Crippen molar-refractivity contribution in [1.29, 1.82) is 0 Å². The fourth-order valence-corrected chi connectivity index (χ4v) is 11.3. The van der Waals surface area contributed by atoms with Gasteiger partial charge in [-0.1, -0.05) is 36.4 Å². The number of aromatic nitrogens is 10. The molecule has 4 aromatic carbocycles. The van der Waals surface area contributed by atoms with Crippen molar-refractivity contribution in [1.82, 2.24) is 48.0 Å². The van der Waals surface area contributed by atoms with E-state index in [2.05, 4.69) is 20.3 Å². The number of ether oxygens (including phenoxy) is 3. The van der Waals surface area contributed by atoms with Gasteiger partial charge in [0.05, 0.1) is 39.9 Å². The highest BCUT2D eigenvalue weighted by atomic mass is 32.1. The van der Waals surface area contributed by atoms with E-state index in [1.54, 1.807) is 49.9 Å². The van der Waals surface area contributed by atoms with Crippen LogP contribution in [0.3, 0.4) is 0 Å². The van der Waals surface area contributed by atoms with Gasteiger partial charge in [0.2, 0.25) is 17.5 Å². The van der Waals surface area contributed by atoms with Crippen molar-refractivity contribution in [3.63, 3.8) is 0 Å². The Morgan fingerprint density at radius 2 is 0.750 bits per heavy atom. The topological polar surface area (TPSA) is 221 Å². The summed E-state index contributed by atoms with van der Waals surface area (Å²) < 4.78 is 155. The van der Waals surface area contributed by atoms with Gasteiger partial charge >= 0.3 is 35.6 Å². The van der Waals surface area contributed by atoms with Gasteiger partial charge in [-0.3, -0.25) is 33.1 Å². The molecular formula is C63H59F10N13O9S. The maximum absolute atomic E-state index is 13.3. The molecule has 3 aliphatic rings. The van der Waals surface area contributed by atoms with Gasteiger partial charge in [0.15, 0.2) is 0 Å². The van der Waals surface area contributed by atoms with Crippen LogP contribution < -0.4 is 62.7 Å². The van der Waals surface area contributed by atoms with Crippen LogP contribution in [0.2, 0.25) is 0 Å². The second-order valence-electron chi connectivity index (χ2n) is 22.2. The van der Waals surface area contributed by atoms with E-state index in [0.717, 1.165) is 41.3 Å². The molecule has 0 aliphatic carbocycles. The van der Waals surface area contributed by atoms with E-state index in [0.29, 0.717) is 94.9 Å². The zero-order chi connectivity index (χ0) is 68.8. The average Bonchev–Trinajstić information content (AvgIpc) is 0.954. The molecule has 0 spiro atoms. The van der Waals surface area contributed by atoms with Crippen molar-refractivity contribution >= 4 is 28.8 Å². The number of alkyl halides is 9. The van der Waals surface area contributed by atoms with E-state index in [4.69, 9.17) is 14.2 Å². The Balaban J connectivity index is 0.000000157. The Labute approximate surface area is 541 Å². The van der Waals surface area contributed by atoms with Gasteiger partial charge < -0.3 is 28.9 Å². The Kier molecular flexibility index (Phi) is 20.5. The number of thiophene rings is 1. The van der Waals surface area contributed by atoms with Crippen molar-refractivity contribution in [2.45, 2.75) is 75.4 Å². The van der Waals surface area contributed by atoms with Gasteiger partial charge in [-0.25, -0.2) is 18.8 Å². The number of para-hydroxylation sites is 3. The predicted octanol–water partition coefficient (Wildman–Crippen LogP) is 8.59. The smallest absolute Gasteiger partial charge is 0.419 e. The molecule has 0 radical (unpaired) electrons. The van der Waals surface area contributed by atoms with Crippen LogP contribution >= 0.6 is 11.3 Å². The lowest BCUT2D eigenvalue weighted by Crippen LogP contribution is -2.46. The number of anilines is 3. The molecule has 3 saturated heterocycles. The fourth-order valence-electron chi connectivity index (χ4n) is 10.7. The number of pyridine rings is 1. The van der Waals surface area contributed by atoms with E-state index in [9.17, 15) is 72.7 Å². The van der Waals surface area contributed by atoms with Crippen LogP contribution in [0.25, 0.3) is 17.1 Å². The molecule has 33 heteroatoms. The van der Waals surface area contributed by atoms with E-state index in [1.165, 1.54) is 122 Å². The first-order valence-electron chi connectivity index (χ1n) is 29.7. The summed E-state index contributed by atoms with van der Waals surface area (Å²) in [5, 5.41) is 16.3. The minimum atomic E-state index is -4.53. The third kappa shape index (κ3) is 15.6. The quantitative estimate of drug-likeness (QED) is 0.105. The number of rotatable bonds is 12. The minimum absolute atomic E-state index is 0.0237. The SMILES string of the molecule is Cn1c(=O)c(N2CCC(Oc3ccccc3C(F)(F)F)CC2)nn(-c2ccc(F)cc2)c1=O.Cn1c(=O)c(N2CCC(Oc3ccccc3C(F)(F)F)CC2)nn(-c2cccnc2)c1=O.Cn1c(=O)c(N2CCC(Oc3ccccc3C(F)(F)F)CC2)nn(-c2ccsc2)c1=O. The largest absolute Gasteiger partial charge is 0.490 e. The standard InChI is InChI=1S/C22H20F4N4O3.C21H20F3N5O3.C20H19F3N4O3S/c1-28-20(31)19(27-30(21(28)32)15-8-6-14(23)7-9-15)29-12-10-16(11-13-29)33-18-5-3-2-4-17(18)22(24,25)26;1-27-19(30)18(26-29(20(27)31)14-5-4-10-25-13-14)28-11-8-15(9-12-28)32-17-7-3-2-6-16(17)21(22,23)24;1-25-18(28)17(24-27(19(25)29)13-8-11-31-12-13)26-9-6-14(7-10-26)30-16-5-3-2-4-15(16)20(21,22)23/h2-9,16H,10-13H2,1H3;2-7,10,13,15H,8-9,11-12H2,1H3;2-5,8,11-12,14H,6-7,9-10H2,1H3. The van der Waals surface area contributed by atoms with Crippen LogP contribution in [-0.2, 0) is 39.7 Å². The highest BCUT2D eigenvalue weighted by Crippen LogP contribution is 2.40. The minimum Gasteiger partial charge on any atom is -0.490 e. The number of nitrogens with zero attached hydrogens (tertiary/aromatic N) is 13. The molecule has 22 nitrogen and oxygen atoms in total. The Hall–Kier alpha value is -10.3. The molecule has 0 saturated carbocycles. The lowest BCUT2D eigenvalue weighted by Gasteiger charge is -2.33. The number of piperidine rings is 3. The molecule has 9 aromatic rings. The average molecular weight is 1360 g/mol. The Morgan fingerprint density at radius 1 is 0.417 bits per heavy atom. The monoisotopic (exact) mass is 1360 g/mol. The molecule has 5 aromatic heterocycles. The van der Waals surface area contributed by atoms with Crippen LogP contribution in [0.1, 0.15) is 55.2 Å². The summed E-state index contributed by atoms with van der Waals surface area (Å²) >= 11 is 1.40. The maximum atomic E-state index is 13.3. The second kappa shape index (κ2) is 28.7. The first kappa shape index (κ1) is 68.5. The predicted molar refractivity (Wildman–Crippen MR) is 333 cm³/mol. The summed E-state index contributed by atoms with van der Waals surface area (Å²) in [4.78, 5) is 84.5. The molecule has 0 amide bonds. The zero-order valence-electron chi connectivity index (χ0n) is 51.2. The number of hydrogen-bond donors (Lipinski definition) is 0. The molecule has 0 unspecified atom stereocenters. The molecule has 12 rings (SSSR count). The summed E-state index contributed by atoms with van der Waals surface area (Å²) in [5.41, 5.74) is -4.69. The molecule has 506 valence electrons. The Morgan fingerprint density at radius 3 is 1.06 bits per heavy atom. The summed E-state index contributed by atoms with van der Waals surface area (Å²) in [6, 6.07) is 25.4. The van der Waals surface area contributed by atoms with E-state index >= 15 is 0 Å². The van der Waals surface area contributed by atoms with Gasteiger partial charge in [0, 0.05) is 111 Å². The summed E-state index contributed by atoms with van der Waals surface area (Å²) in [6.07, 6.45) is -9.54. The molecule has 96 heavy (non-hydrogen) atoms. The Bertz CT molecular complexity index is 4570. The molecule has 3 fully saturated rings.